The molecule has 2 aliphatic rings. The van der Waals surface area contributed by atoms with Gasteiger partial charge in [-0.15, -0.1) is 11.6 Å². The first-order chi connectivity index (χ1) is 10.3. The highest BCUT2D eigenvalue weighted by atomic mass is 35.5. The summed E-state index contributed by atoms with van der Waals surface area (Å²) in [5, 5.41) is -0.550. The number of rotatable bonds is 3. The Kier molecular flexibility index (Phi) is 4.81. The molecule has 0 radical (unpaired) electrons. The Labute approximate surface area is 131 Å². The molecule has 1 aromatic carbocycles. The Morgan fingerprint density at radius 2 is 1.81 bits per heavy atom. The van der Waals surface area contributed by atoms with Gasteiger partial charge >= 0.3 is 0 Å². The highest BCUT2D eigenvalue weighted by Crippen LogP contribution is 2.27. The molecule has 2 heterocycles. The number of hydrogen-bond acceptors (Lipinski definition) is 2. The third kappa shape index (κ3) is 3.41. The molecule has 3 nitrogen and oxygen atoms in total. The van der Waals surface area contributed by atoms with Gasteiger partial charge in [-0.3, -0.25) is 9.69 Å². The number of likely N-dealkylation sites (tertiary alicyclic amines) is 2. The van der Waals surface area contributed by atoms with Crippen molar-refractivity contribution in [1.29, 1.82) is 0 Å². The maximum atomic E-state index is 12.5. The van der Waals surface area contributed by atoms with Gasteiger partial charge in [0, 0.05) is 19.1 Å². The van der Waals surface area contributed by atoms with Crippen molar-refractivity contribution >= 4 is 17.5 Å². The fourth-order valence-corrected chi connectivity index (χ4v) is 3.73. The first-order valence-corrected chi connectivity index (χ1v) is 8.41. The van der Waals surface area contributed by atoms with E-state index in [-0.39, 0.29) is 5.91 Å². The van der Waals surface area contributed by atoms with Crippen LogP contribution in [0.5, 0.6) is 0 Å². The van der Waals surface area contributed by atoms with E-state index in [2.05, 4.69) is 4.90 Å². The summed E-state index contributed by atoms with van der Waals surface area (Å²) in [7, 11) is 0. The van der Waals surface area contributed by atoms with Crippen molar-refractivity contribution in [3.63, 3.8) is 0 Å². The summed E-state index contributed by atoms with van der Waals surface area (Å²) < 4.78 is 0. The van der Waals surface area contributed by atoms with Crippen LogP contribution < -0.4 is 0 Å². The summed E-state index contributed by atoms with van der Waals surface area (Å²) in [6, 6.07) is 10.2. The SMILES string of the molecule is O=C(C(Cl)c1ccccc1)N1CCC(N2CCCCC2)C1. The normalized spacial score (nSPS) is 25.0. The number of amides is 1. The van der Waals surface area contributed by atoms with Gasteiger partial charge in [0.25, 0.3) is 0 Å². The third-order valence-electron chi connectivity index (χ3n) is 4.69. The van der Waals surface area contributed by atoms with Gasteiger partial charge in [0.05, 0.1) is 0 Å². The molecule has 1 amide bonds. The number of alkyl halides is 1. The molecule has 0 spiro atoms. The predicted octanol–water partition coefficient (Wildman–Crippen LogP) is 3.05. The zero-order chi connectivity index (χ0) is 14.7. The van der Waals surface area contributed by atoms with Crippen LogP contribution in [0.1, 0.15) is 36.6 Å². The van der Waals surface area contributed by atoms with Gasteiger partial charge < -0.3 is 4.90 Å². The summed E-state index contributed by atoms with van der Waals surface area (Å²) in [5.41, 5.74) is 0.894. The van der Waals surface area contributed by atoms with Gasteiger partial charge in [-0.05, 0) is 37.9 Å². The Hall–Kier alpha value is -1.06. The lowest BCUT2D eigenvalue weighted by Gasteiger charge is -2.32. The number of halogens is 1. The fraction of sp³-hybridized carbons (Fsp3) is 0.588. The molecule has 0 aliphatic carbocycles. The van der Waals surface area contributed by atoms with Crippen molar-refractivity contribution in [3.05, 3.63) is 35.9 Å². The summed E-state index contributed by atoms with van der Waals surface area (Å²) in [6.45, 7) is 4.07. The van der Waals surface area contributed by atoms with Crippen molar-refractivity contribution in [2.24, 2.45) is 0 Å². The van der Waals surface area contributed by atoms with Crippen molar-refractivity contribution in [1.82, 2.24) is 9.80 Å². The van der Waals surface area contributed by atoms with Gasteiger partial charge in [-0.1, -0.05) is 36.8 Å². The Balaban J connectivity index is 1.59. The molecular formula is C17H23ClN2O. The van der Waals surface area contributed by atoms with E-state index in [1.54, 1.807) is 0 Å². The molecule has 2 atom stereocenters. The second-order valence-corrected chi connectivity index (χ2v) is 6.53. The smallest absolute Gasteiger partial charge is 0.245 e. The molecule has 2 aliphatic heterocycles. The average molecular weight is 307 g/mol. The quantitative estimate of drug-likeness (QED) is 0.801. The van der Waals surface area contributed by atoms with Gasteiger partial charge in [-0.2, -0.15) is 0 Å². The van der Waals surface area contributed by atoms with Crippen molar-refractivity contribution < 1.29 is 4.79 Å². The van der Waals surface area contributed by atoms with E-state index in [1.165, 1.54) is 32.4 Å². The molecular weight excluding hydrogens is 284 g/mol. The molecule has 2 unspecified atom stereocenters. The molecule has 3 rings (SSSR count). The van der Waals surface area contributed by atoms with Crippen LogP contribution in [0.3, 0.4) is 0 Å². The van der Waals surface area contributed by atoms with Gasteiger partial charge in [-0.25, -0.2) is 0 Å². The largest absolute Gasteiger partial charge is 0.339 e. The highest BCUT2D eigenvalue weighted by Gasteiger charge is 2.33. The minimum atomic E-state index is -0.550. The maximum Gasteiger partial charge on any atom is 0.245 e. The van der Waals surface area contributed by atoms with Crippen LogP contribution in [0.25, 0.3) is 0 Å². The third-order valence-corrected chi connectivity index (χ3v) is 5.13. The number of piperidine rings is 1. The van der Waals surface area contributed by atoms with Crippen LogP contribution in [0.2, 0.25) is 0 Å². The fourth-order valence-electron chi connectivity index (χ4n) is 3.45. The van der Waals surface area contributed by atoms with Crippen LogP contribution in [-0.4, -0.2) is 47.9 Å². The van der Waals surface area contributed by atoms with Crippen LogP contribution >= 0.6 is 11.6 Å². The molecule has 0 saturated carbocycles. The molecule has 21 heavy (non-hydrogen) atoms. The van der Waals surface area contributed by atoms with E-state index in [0.717, 1.165) is 25.1 Å². The van der Waals surface area contributed by atoms with Crippen molar-refractivity contribution in [2.45, 2.75) is 37.1 Å². The lowest BCUT2D eigenvalue weighted by atomic mass is 10.1. The molecule has 0 N–H and O–H groups in total. The monoisotopic (exact) mass is 306 g/mol. The number of carbonyl (C=O) groups excluding carboxylic acids is 1. The average Bonchev–Trinajstić information content (AvgIpc) is 3.05. The van der Waals surface area contributed by atoms with Crippen molar-refractivity contribution in [3.8, 4) is 0 Å². The van der Waals surface area contributed by atoms with E-state index < -0.39 is 5.38 Å². The van der Waals surface area contributed by atoms with Crippen LogP contribution in [0.4, 0.5) is 0 Å². The maximum absolute atomic E-state index is 12.5. The predicted molar refractivity (Wildman–Crippen MR) is 85.4 cm³/mol. The van der Waals surface area contributed by atoms with Crippen LogP contribution in [0.15, 0.2) is 30.3 Å². The standard InChI is InChI=1S/C17H23ClN2O/c18-16(14-7-3-1-4-8-14)17(21)20-12-9-15(13-20)19-10-5-2-6-11-19/h1,3-4,7-8,15-16H,2,5-6,9-13H2. The minimum absolute atomic E-state index is 0.0578. The minimum Gasteiger partial charge on any atom is -0.339 e. The molecule has 0 aromatic heterocycles. The van der Waals surface area contributed by atoms with Gasteiger partial charge in [0.1, 0.15) is 5.38 Å². The molecule has 2 fully saturated rings. The lowest BCUT2D eigenvalue weighted by molar-refractivity contribution is -0.130. The Morgan fingerprint density at radius 1 is 1.10 bits per heavy atom. The molecule has 2 saturated heterocycles. The summed E-state index contributed by atoms with van der Waals surface area (Å²) >= 11 is 6.37. The van der Waals surface area contributed by atoms with Crippen LogP contribution in [-0.2, 0) is 4.79 Å². The lowest BCUT2D eigenvalue weighted by Crippen LogP contribution is -2.42. The highest BCUT2D eigenvalue weighted by molar-refractivity contribution is 6.30. The second-order valence-electron chi connectivity index (χ2n) is 6.10. The van der Waals surface area contributed by atoms with E-state index in [1.807, 2.05) is 35.2 Å². The number of benzene rings is 1. The van der Waals surface area contributed by atoms with Crippen LogP contribution in [0, 0.1) is 0 Å². The van der Waals surface area contributed by atoms with Crippen molar-refractivity contribution in [2.75, 3.05) is 26.2 Å². The van der Waals surface area contributed by atoms with E-state index >= 15 is 0 Å². The van der Waals surface area contributed by atoms with Gasteiger partial charge in [0.2, 0.25) is 5.91 Å². The second kappa shape index (κ2) is 6.80. The Morgan fingerprint density at radius 3 is 2.52 bits per heavy atom. The zero-order valence-corrected chi connectivity index (χ0v) is 13.1. The molecule has 114 valence electrons. The summed E-state index contributed by atoms with van der Waals surface area (Å²) in [6.07, 6.45) is 5.03. The van der Waals surface area contributed by atoms with Gasteiger partial charge in [0.15, 0.2) is 0 Å². The summed E-state index contributed by atoms with van der Waals surface area (Å²) in [4.78, 5) is 17.1. The first-order valence-electron chi connectivity index (χ1n) is 7.97. The topological polar surface area (TPSA) is 23.6 Å². The number of nitrogens with zero attached hydrogens (tertiary/aromatic N) is 2. The van der Waals surface area contributed by atoms with E-state index in [9.17, 15) is 4.79 Å². The number of hydrogen-bond donors (Lipinski definition) is 0. The van der Waals surface area contributed by atoms with E-state index in [0.29, 0.717) is 6.04 Å². The number of carbonyl (C=O) groups is 1. The molecule has 1 aromatic rings. The molecule has 4 heteroatoms. The molecule has 0 bridgehead atoms. The zero-order valence-electron chi connectivity index (χ0n) is 12.4. The Bertz CT molecular complexity index is 473. The first kappa shape index (κ1) is 14.9. The van der Waals surface area contributed by atoms with E-state index in [4.69, 9.17) is 11.6 Å². The summed E-state index contributed by atoms with van der Waals surface area (Å²) in [5.74, 6) is 0.0578.